The fourth-order valence-electron chi connectivity index (χ4n) is 2.47. The van der Waals surface area contributed by atoms with E-state index in [0.717, 1.165) is 42.1 Å². The van der Waals surface area contributed by atoms with Crippen molar-refractivity contribution in [2.75, 3.05) is 13.7 Å². The lowest BCUT2D eigenvalue weighted by atomic mass is 10.2. The molecule has 3 rings (SSSR count). The summed E-state index contributed by atoms with van der Waals surface area (Å²) in [4.78, 5) is 9.23. The monoisotopic (exact) mass is 281 g/mol. The molecule has 21 heavy (non-hydrogen) atoms. The van der Waals surface area contributed by atoms with E-state index in [1.165, 1.54) is 5.56 Å². The number of aromatic nitrogens is 3. The number of imidazole rings is 1. The highest BCUT2D eigenvalue weighted by Gasteiger charge is 2.12. The maximum Gasteiger partial charge on any atom is 0.164 e. The van der Waals surface area contributed by atoms with Crippen LogP contribution in [0.4, 0.5) is 0 Å². The van der Waals surface area contributed by atoms with Gasteiger partial charge in [-0.1, -0.05) is 17.7 Å². The average Bonchev–Trinajstić information content (AvgIpc) is 2.87. The standard InChI is InChI=1S/C17H19N3O/c1-13-7-9-14(10-8-13)20-16(6-4-12-21-2)19-15-5-3-11-18-17(15)20/h3,5,7-11H,4,6,12H2,1-2H3. The quantitative estimate of drug-likeness (QED) is 0.674. The molecule has 0 atom stereocenters. The maximum atomic E-state index is 5.15. The molecule has 4 heteroatoms. The van der Waals surface area contributed by atoms with E-state index in [0.29, 0.717) is 0 Å². The largest absolute Gasteiger partial charge is 0.385 e. The Hall–Kier alpha value is -2.20. The van der Waals surface area contributed by atoms with Crippen LogP contribution < -0.4 is 0 Å². The minimum atomic E-state index is 0.741. The van der Waals surface area contributed by atoms with Gasteiger partial charge in [0.1, 0.15) is 11.3 Å². The third kappa shape index (κ3) is 2.81. The molecular weight excluding hydrogens is 262 g/mol. The zero-order valence-electron chi connectivity index (χ0n) is 12.4. The number of ether oxygens (including phenoxy) is 1. The first-order valence-corrected chi connectivity index (χ1v) is 7.18. The van der Waals surface area contributed by atoms with Gasteiger partial charge in [-0.3, -0.25) is 4.57 Å². The van der Waals surface area contributed by atoms with Gasteiger partial charge in [0.2, 0.25) is 0 Å². The molecule has 0 aliphatic heterocycles. The first-order valence-electron chi connectivity index (χ1n) is 7.18. The van der Waals surface area contributed by atoms with Crippen molar-refractivity contribution in [3.05, 3.63) is 54.0 Å². The lowest BCUT2D eigenvalue weighted by molar-refractivity contribution is 0.194. The van der Waals surface area contributed by atoms with E-state index in [9.17, 15) is 0 Å². The van der Waals surface area contributed by atoms with Crippen molar-refractivity contribution >= 4 is 11.2 Å². The number of pyridine rings is 1. The number of hydrogen-bond acceptors (Lipinski definition) is 3. The van der Waals surface area contributed by atoms with Crippen LogP contribution in [0, 0.1) is 6.92 Å². The van der Waals surface area contributed by atoms with Crippen LogP contribution in [0.1, 0.15) is 17.8 Å². The zero-order chi connectivity index (χ0) is 14.7. The summed E-state index contributed by atoms with van der Waals surface area (Å²) in [6.45, 7) is 2.83. The van der Waals surface area contributed by atoms with Crippen LogP contribution in [-0.4, -0.2) is 28.3 Å². The van der Waals surface area contributed by atoms with Crippen molar-refractivity contribution in [3.63, 3.8) is 0 Å². The molecule has 0 unspecified atom stereocenters. The van der Waals surface area contributed by atoms with E-state index in [1.54, 1.807) is 7.11 Å². The van der Waals surface area contributed by atoms with Crippen LogP contribution in [0.25, 0.3) is 16.9 Å². The molecule has 0 fully saturated rings. The summed E-state index contributed by atoms with van der Waals surface area (Å²) in [7, 11) is 1.73. The Labute approximate surface area is 124 Å². The predicted octanol–water partition coefficient (Wildman–Crippen LogP) is 3.31. The molecule has 0 amide bonds. The molecule has 0 radical (unpaired) electrons. The van der Waals surface area contributed by atoms with E-state index in [1.807, 2.05) is 18.3 Å². The molecule has 4 nitrogen and oxygen atoms in total. The van der Waals surface area contributed by atoms with Crippen LogP contribution in [0.3, 0.4) is 0 Å². The average molecular weight is 281 g/mol. The Morgan fingerprint density at radius 2 is 1.95 bits per heavy atom. The Morgan fingerprint density at radius 3 is 2.71 bits per heavy atom. The van der Waals surface area contributed by atoms with E-state index < -0.39 is 0 Å². The van der Waals surface area contributed by atoms with Crippen molar-refractivity contribution in [2.45, 2.75) is 19.8 Å². The molecule has 2 heterocycles. The van der Waals surface area contributed by atoms with Crippen LogP contribution >= 0.6 is 0 Å². The molecule has 3 aromatic rings. The van der Waals surface area contributed by atoms with Gasteiger partial charge in [-0.2, -0.15) is 0 Å². The number of nitrogens with zero attached hydrogens (tertiary/aromatic N) is 3. The number of fused-ring (bicyclic) bond motifs is 1. The summed E-state index contributed by atoms with van der Waals surface area (Å²) < 4.78 is 7.29. The van der Waals surface area contributed by atoms with Gasteiger partial charge >= 0.3 is 0 Å². The molecule has 0 saturated carbocycles. The molecule has 0 bridgehead atoms. The molecule has 0 aliphatic carbocycles. The Balaban J connectivity index is 2.08. The summed E-state index contributed by atoms with van der Waals surface area (Å²) in [5.74, 6) is 1.03. The second-order valence-corrected chi connectivity index (χ2v) is 5.14. The van der Waals surface area contributed by atoms with Crippen molar-refractivity contribution in [1.29, 1.82) is 0 Å². The summed E-state index contributed by atoms with van der Waals surface area (Å²) >= 11 is 0. The van der Waals surface area contributed by atoms with E-state index in [-0.39, 0.29) is 0 Å². The second kappa shape index (κ2) is 6.06. The highest BCUT2D eigenvalue weighted by molar-refractivity contribution is 5.73. The molecule has 2 aromatic heterocycles. The van der Waals surface area contributed by atoms with E-state index in [2.05, 4.69) is 40.7 Å². The molecule has 0 aliphatic rings. The second-order valence-electron chi connectivity index (χ2n) is 5.14. The van der Waals surface area contributed by atoms with Crippen LogP contribution in [0.2, 0.25) is 0 Å². The van der Waals surface area contributed by atoms with Crippen molar-refractivity contribution in [3.8, 4) is 5.69 Å². The van der Waals surface area contributed by atoms with Gasteiger partial charge in [0, 0.05) is 32.0 Å². The van der Waals surface area contributed by atoms with E-state index in [4.69, 9.17) is 9.72 Å². The zero-order valence-corrected chi connectivity index (χ0v) is 12.4. The Kier molecular flexibility index (Phi) is 3.97. The van der Waals surface area contributed by atoms with Crippen LogP contribution in [-0.2, 0) is 11.2 Å². The first-order chi connectivity index (χ1) is 10.3. The number of benzene rings is 1. The normalized spacial score (nSPS) is 11.1. The van der Waals surface area contributed by atoms with Crippen molar-refractivity contribution in [1.82, 2.24) is 14.5 Å². The molecule has 108 valence electrons. The van der Waals surface area contributed by atoms with Crippen molar-refractivity contribution < 1.29 is 4.74 Å². The number of rotatable bonds is 5. The van der Waals surface area contributed by atoms with Gasteiger partial charge in [0.15, 0.2) is 5.65 Å². The Bertz CT molecular complexity index is 731. The number of methoxy groups -OCH3 is 1. The molecule has 0 saturated heterocycles. The topological polar surface area (TPSA) is 39.9 Å². The van der Waals surface area contributed by atoms with E-state index >= 15 is 0 Å². The fourth-order valence-corrected chi connectivity index (χ4v) is 2.47. The highest BCUT2D eigenvalue weighted by atomic mass is 16.5. The number of hydrogen-bond donors (Lipinski definition) is 0. The SMILES string of the molecule is COCCCc1nc2cccnc2n1-c1ccc(C)cc1. The minimum absolute atomic E-state index is 0.741. The van der Waals surface area contributed by atoms with Gasteiger partial charge in [-0.25, -0.2) is 9.97 Å². The van der Waals surface area contributed by atoms with Gasteiger partial charge in [-0.05, 0) is 37.6 Å². The minimum Gasteiger partial charge on any atom is -0.385 e. The third-order valence-corrected chi connectivity index (χ3v) is 3.53. The van der Waals surface area contributed by atoms with Crippen molar-refractivity contribution in [2.24, 2.45) is 0 Å². The summed E-state index contributed by atoms with van der Waals surface area (Å²) in [5.41, 5.74) is 4.20. The summed E-state index contributed by atoms with van der Waals surface area (Å²) in [6.07, 6.45) is 3.64. The third-order valence-electron chi connectivity index (χ3n) is 3.53. The molecular formula is C17H19N3O. The molecule has 1 aromatic carbocycles. The fraction of sp³-hybridized carbons (Fsp3) is 0.294. The summed E-state index contributed by atoms with van der Waals surface area (Å²) in [6, 6.07) is 12.4. The lowest BCUT2D eigenvalue weighted by Gasteiger charge is -2.09. The predicted molar refractivity (Wildman–Crippen MR) is 83.8 cm³/mol. The van der Waals surface area contributed by atoms with Gasteiger partial charge in [0.05, 0.1) is 0 Å². The van der Waals surface area contributed by atoms with Gasteiger partial charge in [0.25, 0.3) is 0 Å². The first kappa shape index (κ1) is 13.8. The molecule has 0 N–H and O–H groups in total. The lowest BCUT2D eigenvalue weighted by Crippen LogP contribution is -2.04. The van der Waals surface area contributed by atoms with Crippen LogP contribution in [0.15, 0.2) is 42.6 Å². The smallest absolute Gasteiger partial charge is 0.164 e. The molecule has 0 spiro atoms. The summed E-state index contributed by atoms with van der Waals surface area (Å²) in [5, 5.41) is 0. The maximum absolute atomic E-state index is 5.15. The van der Waals surface area contributed by atoms with Gasteiger partial charge < -0.3 is 4.74 Å². The van der Waals surface area contributed by atoms with Crippen LogP contribution in [0.5, 0.6) is 0 Å². The Morgan fingerprint density at radius 1 is 1.14 bits per heavy atom. The highest BCUT2D eigenvalue weighted by Crippen LogP contribution is 2.21. The van der Waals surface area contributed by atoms with Gasteiger partial charge in [-0.15, -0.1) is 0 Å². The number of aryl methyl sites for hydroxylation is 2.